The zero-order chi connectivity index (χ0) is 18.4. The van der Waals surface area contributed by atoms with Crippen LogP contribution in [0.25, 0.3) is 0 Å². The van der Waals surface area contributed by atoms with Crippen LogP contribution in [0.1, 0.15) is 21.5 Å². The van der Waals surface area contributed by atoms with Crippen LogP contribution in [-0.4, -0.2) is 38.0 Å². The fraction of sp³-hybridized carbons (Fsp3) is 0.278. The number of carbonyl (C=O) groups excluding carboxylic acids is 1. The van der Waals surface area contributed by atoms with Gasteiger partial charge in [0.25, 0.3) is 5.91 Å². The molecule has 0 aliphatic rings. The molecule has 0 saturated carbocycles. The second-order valence-corrected chi connectivity index (χ2v) is 8.15. The highest BCUT2D eigenvalue weighted by Crippen LogP contribution is 2.18. The van der Waals surface area contributed by atoms with E-state index in [1.165, 1.54) is 4.31 Å². The Morgan fingerprint density at radius 3 is 2.40 bits per heavy atom. The number of rotatable bonds is 7. The van der Waals surface area contributed by atoms with Gasteiger partial charge in [0.15, 0.2) is 0 Å². The summed E-state index contributed by atoms with van der Waals surface area (Å²) in [5.74, 6) is -0.218. The van der Waals surface area contributed by atoms with E-state index in [9.17, 15) is 13.2 Å². The molecule has 2 aromatic rings. The lowest BCUT2D eigenvalue weighted by Gasteiger charge is -2.21. The van der Waals surface area contributed by atoms with Crippen molar-refractivity contribution in [3.05, 3.63) is 70.2 Å². The minimum Gasteiger partial charge on any atom is -0.351 e. The first-order valence-electron chi connectivity index (χ1n) is 7.81. The molecule has 0 spiro atoms. The van der Waals surface area contributed by atoms with Crippen LogP contribution in [-0.2, 0) is 16.6 Å². The van der Waals surface area contributed by atoms with E-state index in [0.717, 1.165) is 17.4 Å². The van der Waals surface area contributed by atoms with Gasteiger partial charge in [0, 0.05) is 30.2 Å². The molecule has 0 fully saturated rings. The Morgan fingerprint density at radius 2 is 1.76 bits per heavy atom. The Labute approximate surface area is 153 Å². The molecule has 0 unspecified atom stereocenters. The molecule has 0 heterocycles. The maximum Gasteiger partial charge on any atom is 0.251 e. The maximum atomic E-state index is 12.2. The molecule has 0 bridgehead atoms. The third-order valence-corrected chi connectivity index (χ3v) is 5.43. The summed E-state index contributed by atoms with van der Waals surface area (Å²) >= 11 is 6.11. The second kappa shape index (κ2) is 8.47. The van der Waals surface area contributed by atoms with E-state index in [4.69, 9.17) is 11.6 Å². The molecule has 1 amide bonds. The quantitative estimate of drug-likeness (QED) is 0.803. The van der Waals surface area contributed by atoms with Crippen LogP contribution < -0.4 is 5.32 Å². The molecule has 0 radical (unpaired) electrons. The number of hydrogen-bond acceptors (Lipinski definition) is 3. The number of benzene rings is 2. The Morgan fingerprint density at radius 1 is 1.12 bits per heavy atom. The van der Waals surface area contributed by atoms with E-state index in [-0.39, 0.29) is 25.5 Å². The fourth-order valence-corrected chi connectivity index (χ4v) is 3.39. The Hall–Kier alpha value is -1.89. The van der Waals surface area contributed by atoms with Crippen LogP contribution in [0.15, 0.2) is 48.5 Å². The number of aryl methyl sites for hydroxylation is 1. The third-order valence-electron chi connectivity index (χ3n) is 3.81. The van der Waals surface area contributed by atoms with Gasteiger partial charge < -0.3 is 5.32 Å². The van der Waals surface area contributed by atoms with Crippen molar-refractivity contribution in [3.63, 3.8) is 0 Å². The summed E-state index contributed by atoms with van der Waals surface area (Å²) in [5.41, 5.74) is 2.18. The molecule has 5 nitrogen and oxygen atoms in total. The smallest absolute Gasteiger partial charge is 0.251 e. The second-order valence-electron chi connectivity index (χ2n) is 5.76. The van der Waals surface area contributed by atoms with Crippen LogP contribution in [0.2, 0.25) is 5.02 Å². The van der Waals surface area contributed by atoms with Gasteiger partial charge in [0.1, 0.15) is 0 Å². The minimum absolute atomic E-state index is 0.165. The fourth-order valence-electron chi connectivity index (χ4n) is 2.40. The maximum absolute atomic E-state index is 12.2. The van der Waals surface area contributed by atoms with E-state index in [1.807, 2.05) is 25.1 Å². The topological polar surface area (TPSA) is 66.5 Å². The van der Waals surface area contributed by atoms with Crippen LogP contribution in [0.3, 0.4) is 0 Å². The first kappa shape index (κ1) is 19.4. The van der Waals surface area contributed by atoms with Crippen LogP contribution >= 0.6 is 11.6 Å². The van der Waals surface area contributed by atoms with Gasteiger partial charge >= 0.3 is 0 Å². The lowest BCUT2D eigenvalue weighted by Crippen LogP contribution is -2.37. The molecule has 0 atom stereocenters. The van der Waals surface area contributed by atoms with Crippen molar-refractivity contribution in [3.8, 4) is 0 Å². The first-order chi connectivity index (χ1) is 11.8. The summed E-state index contributed by atoms with van der Waals surface area (Å²) in [6.45, 7) is 2.40. The first-order valence-corrected chi connectivity index (χ1v) is 10.0. The van der Waals surface area contributed by atoms with Crippen molar-refractivity contribution in [1.29, 1.82) is 0 Å². The summed E-state index contributed by atoms with van der Waals surface area (Å²) in [6, 6.07) is 14.4. The van der Waals surface area contributed by atoms with Gasteiger partial charge in [-0.3, -0.25) is 4.79 Å². The number of nitrogens with zero attached hydrogens (tertiary/aromatic N) is 1. The molecule has 2 rings (SSSR count). The number of sulfonamides is 1. The summed E-state index contributed by atoms with van der Waals surface area (Å²) < 4.78 is 25.3. The normalized spacial score (nSPS) is 11.5. The highest BCUT2D eigenvalue weighted by molar-refractivity contribution is 7.88. The highest BCUT2D eigenvalue weighted by atomic mass is 35.5. The van der Waals surface area contributed by atoms with Gasteiger partial charge in [-0.15, -0.1) is 0 Å². The molecule has 2 aromatic carbocycles. The molecular weight excluding hydrogens is 360 g/mol. The van der Waals surface area contributed by atoms with E-state index in [1.54, 1.807) is 30.3 Å². The zero-order valence-corrected chi connectivity index (χ0v) is 15.8. The van der Waals surface area contributed by atoms with Gasteiger partial charge in [-0.1, -0.05) is 48.0 Å². The Kier molecular flexibility index (Phi) is 6.58. The highest BCUT2D eigenvalue weighted by Gasteiger charge is 2.18. The minimum atomic E-state index is -3.43. The molecule has 0 aliphatic carbocycles. The Balaban J connectivity index is 2.01. The van der Waals surface area contributed by atoms with Crippen LogP contribution in [0.5, 0.6) is 0 Å². The van der Waals surface area contributed by atoms with Crippen molar-refractivity contribution in [2.75, 3.05) is 19.3 Å². The standard InChI is InChI=1S/C18H21ClN2O3S/c1-14-7-3-5-9-16(14)18(22)20-11-12-21(25(2,23)24)13-15-8-4-6-10-17(15)19/h3-10H,11-13H2,1-2H3,(H,20,22). The van der Waals surface area contributed by atoms with Gasteiger partial charge in [-0.2, -0.15) is 4.31 Å². The molecule has 0 aliphatic heterocycles. The number of carbonyl (C=O) groups is 1. The SMILES string of the molecule is Cc1ccccc1C(=O)NCCN(Cc1ccccc1Cl)S(C)(=O)=O. The largest absolute Gasteiger partial charge is 0.351 e. The van der Waals surface area contributed by atoms with Crippen LogP contribution in [0, 0.1) is 6.92 Å². The lowest BCUT2D eigenvalue weighted by molar-refractivity contribution is 0.0951. The van der Waals surface area contributed by atoms with Gasteiger partial charge in [-0.25, -0.2) is 8.42 Å². The van der Waals surface area contributed by atoms with E-state index >= 15 is 0 Å². The van der Waals surface area contributed by atoms with Gasteiger partial charge in [-0.05, 0) is 30.2 Å². The lowest BCUT2D eigenvalue weighted by atomic mass is 10.1. The van der Waals surface area contributed by atoms with E-state index < -0.39 is 10.0 Å². The predicted octanol–water partition coefficient (Wildman–Crippen LogP) is 2.84. The monoisotopic (exact) mass is 380 g/mol. The number of hydrogen-bond donors (Lipinski definition) is 1. The van der Waals surface area contributed by atoms with Crippen molar-refractivity contribution < 1.29 is 13.2 Å². The summed E-state index contributed by atoms with van der Waals surface area (Å²) in [4.78, 5) is 12.2. The third kappa shape index (κ3) is 5.56. The van der Waals surface area contributed by atoms with Crippen molar-refractivity contribution in [2.45, 2.75) is 13.5 Å². The molecular formula is C18H21ClN2O3S. The summed E-state index contributed by atoms with van der Waals surface area (Å²) in [6.07, 6.45) is 1.15. The molecule has 1 N–H and O–H groups in total. The van der Waals surface area contributed by atoms with E-state index in [0.29, 0.717) is 10.6 Å². The predicted molar refractivity (Wildman–Crippen MR) is 100 cm³/mol. The van der Waals surface area contributed by atoms with Crippen molar-refractivity contribution in [2.24, 2.45) is 0 Å². The number of halogens is 1. The number of nitrogens with one attached hydrogen (secondary N) is 1. The average Bonchev–Trinajstić information content (AvgIpc) is 2.55. The molecule has 0 saturated heterocycles. The number of amides is 1. The Bertz CT molecular complexity index is 853. The zero-order valence-electron chi connectivity index (χ0n) is 14.2. The molecule has 7 heteroatoms. The van der Waals surface area contributed by atoms with E-state index in [2.05, 4.69) is 5.32 Å². The van der Waals surface area contributed by atoms with Crippen molar-refractivity contribution in [1.82, 2.24) is 9.62 Å². The summed E-state index contributed by atoms with van der Waals surface area (Å²) in [7, 11) is -3.43. The average molecular weight is 381 g/mol. The molecule has 0 aromatic heterocycles. The van der Waals surface area contributed by atoms with Gasteiger partial charge in [0.05, 0.1) is 6.26 Å². The van der Waals surface area contributed by atoms with Crippen molar-refractivity contribution >= 4 is 27.5 Å². The summed E-state index contributed by atoms with van der Waals surface area (Å²) in [5, 5.41) is 3.28. The molecule has 25 heavy (non-hydrogen) atoms. The molecule has 134 valence electrons. The van der Waals surface area contributed by atoms with Gasteiger partial charge in [0.2, 0.25) is 10.0 Å². The van der Waals surface area contributed by atoms with Crippen LogP contribution in [0.4, 0.5) is 0 Å².